The maximum absolute atomic E-state index is 12.5. The molecule has 8 heteroatoms. The maximum atomic E-state index is 12.5. The molecule has 0 amide bonds. The van der Waals surface area contributed by atoms with Crippen molar-refractivity contribution in [2.75, 3.05) is 12.8 Å². The number of alkyl halides is 3. The zero-order valence-corrected chi connectivity index (χ0v) is 11.0. The van der Waals surface area contributed by atoms with Gasteiger partial charge in [0, 0.05) is 5.56 Å². The first kappa shape index (κ1) is 14.7. The lowest BCUT2D eigenvalue weighted by atomic mass is 9.97. The number of hydrogen-bond donors (Lipinski definition) is 1. The van der Waals surface area contributed by atoms with E-state index in [1.807, 2.05) is 0 Å². The van der Waals surface area contributed by atoms with Crippen LogP contribution in [0.5, 0.6) is 0 Å². The highest BCUT2D eigenvalue weighted by atomic mass is 19.4. The van der Waals surface area contributed by atoms with Crippen molar-refractivity contribution in [1.82, 2.24) is 9.78 Å². The number of nitrogens with two attached hydrogens (primary N) is 1. The number of nitrogen functional groups attached to an aromatic ring is 1. The van der Waals surface area contributed by atoms with Crippen LogP contribution in [0.2, 0.25) is 0 Å². The lowest BCUT2D eigenvalue weighted by Crippen LogP contribution is -2.20. The molecule has 112 valence electrons. The van der Waals surface area contributed by atoms with E-state index in [0.717, 1.165) is 25.7 Å². The summed E-state index contributed by atoms with van der Waals surface area (Å²) < 4.78 is 42.7. The second-order valence-electron chi connectivity index (χ2n) is 4.89. The lowest BCUT2D eigenvalue weighted by molar-refractivity contribution is -0.142. The lowest BCUT2D eigenvalue weighted by Gasteiger charge is -2.11. The number of aromatic nitrogens is 2. The summed E-state index contributed by atoms with van der Waals surface area (Å²) in [4.78, 5) is 11.7. The molecule has 1 aliphatic carbocycles. The van der Waals surface area contributed by atoms with E-state index in [9.17, 15) is 18.0 Å². The van der Waals surface area contributed by atoms with Crippen LogP contribution in [0.15, 0.2) is 0 Å². The third kappa shape index (κ3) is 2.88. The van der Waals surface area contributed by atoms with E-state index >= 15 is 0 Å². The number of nitrogens with zero attached hydrogens (tertiary/aromatic N) is 2. The van der Waals surface area contributed by atoms with E-state index in [2.05, 4.69) is 9.84 Å². The smallest absolute Gasteiger partial charge is 0.408 e. The fourth-order valence-electron chi connectivity index (χ4n) is 2.64. The van der Waals surface area contributed by atoms with Crippen molar-refractivity contribution < 1.29 is 22.7 Å². The molecule has 1 fully saturated rings. The first-order valence-electron chi connectivity index (χ1n) is 6.34. The van der Waals surface area contributed by atoms with Crippen molar-refractivity contribution in [3.05, 3.63) is 11.3 Å². The minimum Gasteiger partial charge on any atom is -0.464 e. The van der Waals surface area contributed by atoms with E-state index in [1.54, 1.807) is 0 Å². The number of hydrogen-bond acceptors (Lipinski definition) is 4. The molecule has 0 atom stereocenters. The number of anilines is 1. The molecule has 0 aromatic carbocycles. The van der Waals surface area contributed by atoms with Gasteiger partial charge in [0.2, 0.25) is 0 Å². The molecule has 1 aromatic heterocycles. The summed E-state index contributed by atoms with van der Waals surface area (Å²) in [6.45, 7) is -1.31. The third-order valence-corrected chi connectivity index (χ3v) is 3.50. The first-order chi connectivity index (χ1) is 9.33. The SMILES string of the molecule is COC(=O)c1nn(CC(F)(F)F)c(N)c1C1CCCC1. The molecule has 1 aliphatic rings. The Kier molecular flexibility index (Phi) is 3.92. The number of esters is 1. The fourth-order valence-corrected chi connectivity index (χ4v) is 2.64. The summed E-state index contributed by atoms with van der Waals surface area (Å²) >= 11 is 0. The fraction of sp³-hybridized carbons (Fsp3) is 0.667. The predicted molar refractivity (Wildman–Crippen MR) is 65.2 cm³/mol. The monoisotopic (exact) mass is 291 g/mol. The normalized spacial score (nSPS) is 16.6. The van der Waals surface area contributed by atoms with E-state index in [0.29, 0.717) is 10.2 Å². The van der Waals surface area contributed by atoms with Crippen molar-refractivity contribution in [1.29, 1.82) is 0 Å². The molecule has 5 nitrogen and oxygen atoms in total. The van der Waals surface area contributed by atoms with Crippen LogP contribution in [0.3, 0.4) is 0 Å². The highest BCUT2D eigenvalue weighted by Gasteiger charge is 2.34. The van der Waals surface area contributed by atoms with Gasteiger partial charge in [0.1, 0.15) is 12.4 Å². The minimum absolute atomic E-state index is 0.0221. The summed E-state index contributed by atoms with van der Waals surface area (Å²) in [6, 6.07) is 0. The molecule has 0 saturated heterocycles. The van der Waals surface area contributed by atoms with Crippen LogP contribution in [0.4, 0.5) is 19.0 Å². The summed E-state index contributed by atoms with van der Waals surface area (Å²) in [5.74, 6) is -0.861. The van der Waals surface area contributed by atoms with Crippen molar-refractivity contribution in [3.63, 3.8) is 0 Å². The number of halogens is 3. The molecule has 0 aliphatic heterocycles. The van der Waals surface area contributed by atoms with Crippen molar-refractivity contribution in [2.24, 2.45) is 0 Å². The third-order valence-electron chi connectivity index (χ3n) is 3.50. The van der Waals surface area contributed by atoms with Gasteiger partial charge < -0.3 is 10.5 Å². The number of ether oxygens (including phenoxy) is 1. The molecule has 0 bridgehead atoms. The van der Waals surface area contributed by atoms with Gasteiger partial charge in [-0.3, -0.25) is 0 Å². The number of methoxy groups -OCH3 is 1. The highest BCUT2D eigenvalue weighted by Crippen LogP contribution is 2.39. The second kappa shape index (κ2) is 5.34. The van der Waals surface area contributed by atoms with Crippen LogP contribution in [0, 0.1) is 0 Å². The quantitative estimate of drug-likeness (QED) is 0.868. The van der Waals surface area contributed by atoms with Crippen molar-refractivity contribution >= 4 is 11.8 Å². The molecule has 2 N–H and O–H groups in total. The van der Waals surface area contributed by atoms with Gasteiger partial charge in [0.25, 0.3) is 0 Å². The van der Waals surface area contributed by atoms with Gasteiger partial charge in [-0.15, -0.1) is 0 Å². The molecule has 1 heterocycles. The zero-order valence-electron chi connectivity index (χ0n) is 11.0. The Morgan fingerprint density at radius 3 is 2.55 bits per heavy atom. The standard InChI is InChI=1S/C12H16F3N3O2/c1-20-11(19)9-8(7-4-2-3-5-7)10(16)18(17-9)6-12(13,14)15/h7H,2-6,16H2,1H3. The number of carbonyl (C=O) groups is 1. The molecule has 0 radical (unpaired) electrons. The van der Waals surface area contributed by atoms with Crippen LogP contribution >= 0.6 is 0 Å². The minimum atomic E-state index is -4.44. The summed E-state index contributed by atoms with van der Waals surface area (Å²) in [6.07, 6.45) is -0.914. The highest BCUT2D eigenvalue weighted by molar-refractivity contribution is 5.90. The Balaban J connectivity index is 2.43. The number of rotatable bonds is 3. The van der Waals surface area contributed by atoms with E-state index < -0.39 is 18.7 Å². The molecule has 2 rings (SSSR count). The first-order valence-corrected chi connectivity index (χ1v) is 6.34. The average Bonchev–Trinajstić information content (AvgIpc) is 2.96. The van der Waals surface area contributed by atoms with Crippen LogP contribution in [0.25, 0.3) is 0 Å². The molecule has 0 spiro atoms. The molecular formula is C12H16F3N3O2. The molecule has 0 unspecified atom stereocenters. The Bertz CT molecular complexity index is 505. The van der Waals surface area contributed by atoms with Crippen LogP contribution in [-0.2, 0) is 11.3 Å². The second-order valence-corrected chi connectivity index (χ2v) is 4.89. The Morgan fingerprint density at radius 2 is 2.05 bits per heavy atom. The summed E-state index contributed by atoms with van der Waals surface area (Å²) in [5.41, 5.74) is 6.08. The van der Waals surface area contributed by atoms with E-state index in [4.69, 9.17) is 5.73 Å². The zero-order chi connectivity index (χ0) is 14.9. The molecule has 1 saturated carbocycles. The van der Waals surface area contributed by atoms with Crippen LogP contribution < -0.4 is 5.73 Å². The Labute approximate surface area is 113 Å². The van der Waals surface area contributed by atoms with Gasteiger partial charge in [0.15, 0.2) is 5.69 Å². The average molecular weight is 291 g/mol. The van der Waals surface area contributed by atoms with Gasteiger partial charge in [-0.25, -0.2) is 9.48 Å². The predicted octanol–water partition coefficient (Wildman–Crippen LogP) is 2.47. The summed E-state index contributed by atoms with van der Waals surface area (Å²) in [7, 11) is 1.17. The summed E-state index contributed by atoms with van der Waals surface area (Å²) in [5, 5.41) is 3.71. The molecule has 1 aromatic rings. The van der Waals surface area contributed by atoms with E-state index in [-0.39, 0.29) is 17.4 Å². The van der Waals surface area contributed by atoms with E-state index in [1.165, 1.54) is 7.11 Å². The van der Waals surface area contributed by atoms with Crippen molar-refractivity contribution in [2.45, 2.75) is 44.3 Å². The Hall–Kier alpha value is -1.73. The van der Waals surface area contributed by atoms with Crippen LogP contribution in [-0.4, -0.2) is 29.0 Å². The van der Waals surface area contributed by atoms with Gasteiger partial charge in [-0.05, 0) is 18.8 Å². The van der Waals surface area contributed by atoms with Gasteiger partial charge in [-0.1, -0.05) is 12.8 Å². The van der Waals surface area contributed by atoms with Gasteiger partial charge in [-0.2, -0.15) is 18.3 Å². The van der Waals surface area contributed by atoms with Gasteiger partial charge in [0.05, 0.1) is 7.11 Å². The van der Waals surface area contributed by atoms with Gasteiger partial charge >= 0.3 is 12.1 Å². The largest absolute Gasteiger partial charge is 0.464 e. The maximum Gasteiger partial charge on any atom is 0.408 e. The number of carbonyl (C=O) groups excluding carboxylic acids is 1. The molecule has 20 heavy (non-hydrogen) atoms. The topological polar surface area (TPSA) is 70.1 Å². The Morgan fingerprint density at radius 1 is 1.45 bits per heavy atom. The van der Waals surface area contributed by atoms with Crippen LogP contribution in [0.1, 0.15) is 47.7 Å². The molecular weight excluding hydrogens is 275 g/mol. The van der Waals surface area contributed by atoms with Crippen molar-refractivity contribution in [3.8, 4) is 0 Å².